The molecule has 0 spiro atoms. The van der Waals surface area contributed by atoms with E-state index >= 15 is 0 Å². The summed E-state index contributed by atoms with van der Waals surface area (Å²) in [5.41, 5.74) is 0. The molecule has 82 valence electrons. The van der Waals surface area contributed by atoms with Crippen LogP contribution in [0.5, 0.6) is 0 Å². The van der Waals surface area contributed by atoms with E-state index < -0.39 is 36.3 Å². The first-order valence-electron chi connectivity index (χ1n) is 3.56. The molecule has 0 aromatic rings. The lowest BCUT2D eigenvalue weighted by molar-refractivity contribution is -0.145. The summed E-state index contributed by atoms with van der Waals surface area (Å²) in [7, 11) is -6.85. The van der Waals surface area contributed by atoms with Gasteiger partial charge in [-0.3, -0.25) is 14.1 Å². The minimum Gasteiger partial charge on any atom is -0.521 e. The van der Waals surface area contributed by atoms with Crippen molar-refractivity contribution >= 4 is 31.1 Å². The molecule has 14 heavy (non-hydrogen) atoms. The van der Waals surface area contributed by atoms with Crippen LogP contribution in [-0.2, 0) is 24.1 Å². The van der Waals surface area contributed by atoms with Crippen molar-refractivity contribution in [2.45, 2.75) is 18.3 Å². The van der Waals surface area contributed by atoms with Gasteiger partial charge in [-0.1, -0.05) is 0 Å². The highest BCUT2D eigenvalue weighted by atomic mass is 32.2. The number of hydrogen-bond acceptors (Lipinski definition) is 5. The molecule has 0 aliphatic heterocycles. The highest BCUT2D eigenvalue weighted by molar-refractivity contribution is 7.88. The van der Waals surface area contributed by atoms with Gasteiger partial charge in [-0.05, 0) is 13.1 Å². The standard InChI is InChI=1S/C5H10O7SSi/c1-14(2)12-5(8)3(4(6)7)13(9,10)11/h3,14H,1-2H3,(H,6,7)(H,9,10,11). The Hall–Kier alpha value is -0.933. The van der Waals surface area contributed by atoms with Gasteiger partial charge in [0.1, 0.15) is 0 Å². The molecule has 0 saturated heterocycles. The lowest BCUT2D eigenvalue weighted by Gasteiger charge is -2.11. The highest BCUT2D eigenvalue weighted by Gasteiger charge is 2.40. The third-order valence-corrected chi connectivity index (χ3v) is 2.78. The molecule has 1 unspecified atom stereocenters. The van der Waals surface area contributed by atoms with Crippen LogP contribution in [0, 0.1) is 0 Å². The smallest absolute Gasteiger partial charge is 0.336 e. The largest absolute Gasteiger partial charge is 0.521 e. The Balaban J connectivity index is 4.88. The molecule has 0 heterocycles. The molecule has 0 radical (unpaired) electrons. The van der Waals surface area contributed by atoms with Gasteiger partial charge in [0.15, 0.2) is 0 Å². The van der Waals surface area contributed by atoms with Crippen molar-refractivity contribution in [2.24, 2.45) is 0 Å². The number of hydrogen-bond donors (Lipinski definition) is 2. The fourth-order valence-corrected chi connectivity index (χ4v) is 1.90. The van der Waals surface area contributed by atoms with Crippen LogP contribution in [0.2, 0.25) is 13.1 Å². The van der Waals surface area contributed by atoms with Gasteiger partial charge in [0.2, 0.25) is 9.04 Å². The van der Waals surface area contributed by atoms with Crippen LogP contribution >= 0.6 is 0 Å². The first-order chi connectivity index (χ1) is 6.16. The Morgan fingerprint density at radius 3 is 2.00 bits per heavy atom. The van der Waals surface area contributed by atoms with Crippen molar-refractivity contribution in [3.63, 3.8) is 0 Å². The Bertz CT molecular complexity index is 332. The SMILES string of the molecule is C[SiH](C)OC(=O)C(C(=O)O)S(=O)(=O)O. The van der Waals surface area contributed by atoms with E-state index in [9.17, 15) is 18.0 Å². The summed E-state index contributed by atoms with van der Waals surface area (Å²) in [4.78, 5) is 21.3. The molecule has 2 N–H and O–H groups in total. The molecule has 7 nitrogen and oxygen atoms in total. The van der Waals surface area contributed by atoms with E-state index in [1.807, 2.05) is 0 Å². The topological polar surface area (TPSA) is 118 Å². The normalized spacial score (nSPS) is 13.7. The molecule has 0 bridgehead atoms. The van der Waals surface area contributed by atoms with Crippen molar-refractivity contribution in [3.05, 3.63) is 0 Å². The van der Waals surface area contributed by atoms with Crippen LogP contribution in [0.15, 0.2) is 0 Å². The van der Waals surface area contributed by atoms with Crippen molar-refractivity contribution in [1.82, 2.24) is 0 Å². The summed E-state index contributed by atoms with van der Waals surface area (Å²) < 4.78 is 33.9. The van der Waals surface area contributed by atoms with Crippen molar-refractivity contribution < 1.29 is 32.1 Å². The molecule has 0 amide bonds. The maximum atomic E-state index is 10.9. The number of carbonyl (C=O) groups is 2. The number of aliphatic carboxylic acids is 1. The first kappa shape index (κ1) is 13.1. The number of carbonyl (C=O) groups excluding carboxylic acids is 1. The summed E-state index contributed by atoms with van der Waals surface area (Å²) in [6.07, 6.45) is 0. The molecular weight excluding hydrogens is 232 g/mol. The molecular formula is C5H10O7SSi. The zero-order valence-corrected chi connectivity index (χ0v) is 9.47. The van der Waals surface area contributed by atoms with Crippen molar-refractivity contribution in [2.75, 3.05) is 0 Å². The molecule has 0 rings (SSSR count). The second-order valence-corrected chi connectivity index (χ2v) is 6.55. The third kappa shape index (κ3) is 3.85. The van der Waals surface area contributed by atoms with Gasteiger partial charge >= 0.3 is 11.9 Å². The summed E-state index contributed by atoms with van der Waals surface area (Å²) in [6.45, 7) is 3.11. The summed E-state index contributed by atoms with van der Waals surface area (Å²) in [6, 6.07) is 0. The maximum absolute atomic E-state index is 10.9. The van der Waals surface area contributed by atoms with E-state index in [0.29, 0.717) is 0 Å². The van der Waals surface area contributed by atoms with Gasteiger partial charge in [-0.2, -0.15) is 8.42 Å². The molecule has 0 saturated carbocycles. The lowest BCUT2D eigenvalue weighted by atomic mass is 10.4. The van der Waals surface area contributed by atoms with Crippen molar-refractivity contribution in [3.8, 4) is 0 Å². The monoisotopic (exact) mass is 242 g/mol. The molecule has 9 heteroatoms. The number of rotatable bonds is 4. The third-order valence-electron chi connectivity index (χ3n) is 1.09. The Morgan fingerprint density at radius 2 is 1.79 bits per heavy atom. The average Bonchev–Trinajstić information content (AvgIpc) is 1.78. The highest BCUT2D eigenvalue weighted by Crippen LogP contribution is 2.03. The van der Waals surface area contributed by atoms with Crippen LogP contribution in [0.4, 0.5) is 0 Å². The van der Waals surface area contributed by atoms with E-state index in [0.717, 1.165) is 0 Å². The van der Waals surface area contributed by atoms with Gasteiger partial charge in [0.05, 0.1) is 0 Å². The van der Waals surface area contributed by atoms with E-state index in [1.54, 1.807) is 13.1 Å². The maximum Gasteiger partial charge on any atom is 0.336 e. The molecule has 0 fully saturated rings. The summed E-state index contributed by atoms with van der Waals surface area (Å²) in [5, 5.41) is 5.82. The molecule has 1 atom stereocenters. The second kappa shape index (κ2) is 4.53. The van der Waals surface area contributed by atoms with Gasteiger partial charge < -0.3 is 9.53 Å². The Morgan fingerprint density at radius 1 is 1.36 bits per heavy atom. The fourth-order valence-electron chi connectivity index (χ4n) is 0.644. The first-order valence-corrected chi connectivity index (χ1v) is 7.84. The van der Waals surface area contributed by atoms with Gasteiger partial charge in [-0.25, -0.2) is 0 Å². The van der Waals surface area contributed by atoms with Crippen LogP contribution in [-0.4, -0.2) is 44.3 Å². The van der Waals surface area contributed by atoms with Crippen molar-refractivity contribution in [1.29, 1.82) is 0 Å². The quantitative estimate of drug-likeness (QED) is 0.363. The Kier molecular flexibility index (Phi) is 4.23. The second-order valence-electron chi connectivity index (χ2n) is 2.72. The number of carboxylic acid groups (broad SMARTS) is 1. The van der Waals surface area contributed by atoms with Crippen LogP contribution < -0.4 is 0 Å². The minimum atomic E-state index is -4.96. The van der Waals surface area contributed by atoms with Crippen LogP contribution in [0.25, 0.3) is 0 Å². The van der Waals surface area contributed by atoms with E-state index in [-0.39, 0.29) is 0 Å². The van der Waals surface area contributed by atoms with Crippen LogP contribution in [0.3, 0.4) is 0 Å². The van der Waals surface area contributed by atoms with Gasteiger partial charge in [0, 0.05) is 0 Å². The number of carboxylic acids is 1. The fraction of sp³-hybridized carbons (Fsp3) is 0.600. The zero-order valence-electron chi connectivity index (χ0n) is 7.50. The molecule has 0 aliphatic carbocycles. The van der Waals surface area contributed by atoms with E-state index in [1.165, 1.54) is 0 Å². The molecule has 0 aromatic heterocycles. The lowest BCUT2D eigenvalue weighted by Crippen LogP contribution is -2.40. The summed E-state index contributed by atoms with van der Waals surface area (Å²) in [5.74, 6) is -3.39. The molecule has 0 aliphatic rings. The van der Waals surface area contributed by atoms with E-state index in [2.05, 4.69) is 4.43 Å². The van der Waals surface area contributed by atoms with Crippen LogP contribution in [0.1, 0.15) is 0 Å². The summed E-state index contributed by atoms with van der Waals surface area (Å²) >= 11 is 0. The van der Waals surface area contributed by atoms with Gasteiger partial charge in [-0.15, -0.1) is 0 Å². The average molecular weight is 242 g/mol. The zero-order chi connectivity index (χ0) is 11.5. The minimum absolute atomic E-state index is 1.44. The predicted molar refractivity (Wildman–Crippen MR) is 47.9 cm³/mol. The predicted octanol–water partition coefficient (Wildman–Crippen LogP) is -1.15. The molecule has 0 aromatic carbocycles. The van der Waals surface area contributed by atoms with Gasteiger partial charge in [0.25, 0.3) is 15.4 Å². The Labute approximate surface area is 82.2 Å². The van der Waals surface area contributed by atoms with E-state index in [4.69, 9.17) is 9.66 Å².